The Balaban J connectivity index is 1.53. The molecule has 0 bridgehead atoms. The van der Waals surface area contributed by atoms with Crippen LogP contribution in [0.25, 0.3) is 0 Å². The van der Waals surface area contributed by atoms with Gasteiger partial charge in [0.05, 0.1) is 18.8 Å². The lowest BCUT2D eigenvalue weighted by Gasteiger charge is -2.37. The molecule has 0 aliphatic carbocycles. The van der Waals surface area contributed by atoms with Crippen LogP contribution >= 0.6 is 0 Å². The van der Waals surface area contributed by atoms with Gasteiger partial charge in [-0.3, -0.25) is 4.79 Å². The molecule has 3 aromatic carbocycles. The third kappa shape index (κ3) is 6.39. The lowest BCUT2D eigenvalue weighted by Crippen LogP contribution is -2.37. The molecule has 1 aliphatic rings. The zero-order valence-corrected chi connectivity index (χ0v) is 21.5. The Morgan fingerprint density at radius 1 is 0.950 bits per heavy atom. The van der Waals surface area contributed by atoms with Crippen molar-refractivity contribution >= 4 is 11.6 Å². The number of halogens is 5. The standard InChI is InChI=1S/C29H27F5N2O4/c1-3-12-36(2)14-20-13-21(17-6-4-16(15-37)5-7-17)40-29(39-20)18-8-10-19(11-9-18)35-28(38)22-23(30)25(32)27(34)26(33)24(22)31/h3-11,20-21,29,37H,1,12-15H2,2H3,(H,35,38)/t20-,21+,29+/m0/s1. The summed E-state index contributed by atoms with van der Waals surface area (Å²) >= 11 is 0. The van der Waals surface area contributed by atoms with E-state index in [1.54, 1.807) is 18.2 Å². The van der Waals surface area contributed by atoms with Crippen LogP contribution in [0, 0.1) is 29.1 Å². The van der Waals surface area contributed by atoms with Crippen LogP contribution in [-0.2, 0) is 16.1 Å². The van der Waals surface area contributed by atoms with E-state index in [1.165, 1.54) is 12.1 Å². The number of nitrogens with one attached hydrogen (secondary N) is 1. The second-order valence-corrected chi connectivity index (χ2v) is 9.38. The average molecular weight is 563 g/mol. The summed E-state index contributed by atoms with van der Waals surface area (Å²) in [7, 11) is 1.93. The highest BCUT2D eigenvalue weighted by atomic mass is 19.2. The van der Waals surface area contributed by atoms with E-state index in [4.69, 9.17) is 9.47 Å². The van der Waals surface area contributed by atoms with Crippen molar-refractivity contribution in [3.8, 4) is 0 Å². The molecule has 1 saturated heterocycles. The molecule has 1 heterocycles. The fraction of sp³-hybridized carbons (Fsp3) is 0.276. The van der Waals surface area contributed by atoms with E-state index in [-0.39, 0.29) is 24.5 Å². The molecule has 1 aliphatic heterocycles. The normalized spacial score (nSPS) is 19.1. The van der Waals surface area contributed by atoms with Crippen LogP contribution < -0.4 is 5.32 Å². The number of rotatable bonds is 9. The topological polar surface area (TPSA) is 71.0 Å². The van der Waals surface area contributed by atoms with Gasteiger partial charge in [-0.25, -0.2) is 22.0 Å². The van der Waals surface area contributed by atoms with Crippen molar-refractivity contribution in [2.24, 2.45) is 0 Å². The van der Waals surface area contributed by atoms with E-state index in [0.29, 0.717) is 25.1 Å². The quantitative estimate of drug-likeness (QED) is 0.150. The van der Waals surface area contributed by atoms with Crippen LogP contribution in [-0.4, -0.2) is 42.2 Å². The highest BCUT2D eigenvalue weighted by Crippen LogP contribution is 2.38. The fourth-order valence-electron chi connectivity index (χ4n) is 4.40. The van der Waals surface area contributed by atoms with E-state index in [2.05, 4.69) is 11.9 Å². The molecule has 1 fully saturated rings. The second-order valence-electron chi connectivity index (χ2n) is 9.38. The molecule has 2 N–H and O–H groups in total. The Labute approximate surface area is 227 Å². The zero-order valence-electron chi connectivity index (χ0n) is 21.5. The molecular formula is C29H27F5N2O4. The lowest BCUT2D eigenvalue weighted by atomic mass is 9.99. The maximum absolute atomic E-state index is 14.0. The number of amides is 1. The molecule has 212 valence electrons. The molecule has 0 spiro atoms. The third-order valence-electron chi connectivity index (χ3n) is 6.45. The smallest absolute Gasteiger partial charge is 0.261 e. The van der Waals surface area contributed by atoms with Gasteiger partial charge in [-0.15, -0.1) is 6.58 Å². The van der Waals surface area contributed by atoms with Crippen LogP contribution in [0.4, 0.5) is 27.6 Å². The first-order valence-electron chi connectivity index (χ1n) is 12.4. The third-order valence-corrected chi connectivity index (χ3v) is 6.45. The number of benzene rings is 3. The number of ether oxygens (including phenoxy) is 2. The van der Waals surface area contributed by atoms with Crippen molar-refractivity contribution in [1.82, 2.24) is 4.90 Å². The summed E-state index contributed by atoms with van der Waals surface area (Å²) in [5.41, 5.74) is 0.696. The molecule has 11 heteroatoms. The van der Waals surface area contributed by atoms with Crippen LogP contribution in [0.5, 0.6) is 0 Å². The number of hydrogen-bond donors (Lipinski definition) is 2. The highest BCUT2D eigenvalue weighted by Gasteiger charge is 2.33. The molecule has 0 unspecified atom stereocenters. The minimum Gasteiger partial charge on any atom is -0.392 e. The molecule has 0 aromatic heterocycles. The van der Waals surface area contributed by atoms with Crippen molar-refractivity contribution < 1.29 is 41.3 Å². The van der Waals surface area contributed by atoms with E-state index in [0.717, 1.165) is 11.1 Å². The number of carbonyl (C=O) groups is 1. The molecule has 6 nitrogen and oxygen atoms in total. The number of aliphatic hydroxyl groups excluding tert-OH is 1. The van der Waals surface area contributed by atoms with E-state index in [9.17, 15) is 31.9 Å². The Morgan fingerprint density at radius 3 is 2.10 bits per heavy atom. The molecule has 0 saturated carbocycles. The molecule has 1 amide bonds. The Kier molecular flexibility index (Phi) is 9.31. The predicted molar refractivity (Wildman–Crippen MR) is 137 cm³/mol. The van der Waals surface area contributed by atoms with E-state index >= 15 is 0 Å². The number of hydrogen-bond acceptors (Lipinski definition) is 5. The number of anilines is 1. The van der Waals surface area contributed by atoms with Crippen LogP contribution in [0.1, 0.15) is 45.9 Å². The first kappa shape index (κ1) is 29.3. The zero-order chi connectivity index (χ0) is 29.0. The van der Waals surface area contributed by atoms with Crippen molar-refractivity contribution in [3.05, 3.63) is 113 Å². The monoisotopic (exact) mass is 562 g/mol. The summed E-state index contributed by atoms with van der Waals surface area (Å²) < 4.78 is 80.8. The lowest BCUT2D eigenvalue weighted by molar-refractivity contribution is -0.252. The molecule has 3 aromatic rings. The van der Waals surface area contributed by atoms with Gasteiger partial charge in [0.1, 0.15) is 5.56 Å². The summed E-state index contributed by atoms with van der Waals surface area (Å²) in [4.78, 5) is 14.4. The maximum Gasteiger partial charge on any atom is 0.261 e. The second kappa shape index (κ2) is 12.7. The van der Waals surface area contributed by atoms with Gasteiger partial charge in [0.2, 0.25) is 5.82 Å². The predicted octanol–water partition coefficient (Wildman–Crippen LogP) is 5.79. The average Bonchev–Trinajstić information content (AvgIpc) is 2.95. The summed E-state index contributed by atoms with van der Waals surface area (Å²) in [6, 6.07) is 13.3. The van der Waals surface area contributed by atoms with E-state index < -0.39 is 46.8 Å². The molecular weight excluding hydrogens is 535 g/mol. The number of nitrogens with zero attached hydrogens (tertiary/aromatic N) is 1. The summed E-state index contributed by atoms with van der Waals surface area (Å²) in [6.45, 7) is 4.91. The van der Waals surface area contributed by atoms with Gasteiger partial charge in [0.25, 0.3) is 5.91 Å². The number of aliphatic hydroxyl groups is 1. The molecule has 4 rings (SSSR count). The van der Waals surface area contributed by atoms with Gasteiger partial charge in [-0.05, 0) is 30.3 Å². The Morgan fingerprint density at radius 2 is 1.52 bits per heavy atom. The number of likely N-dealkylation sites (N-methyl/N-ethyl adjacent to an activating group) is 1. The molecule has 3 atom stereocenters. The molecule has 40 heavy (non-hydrogen) atoms. The van der Waals surface area contributed by atoms with Gasteiger partial charge in [-0.2, -0.15) is 0 Å². The van der Waals surface area contributed by atoms with Crippen molar-refractivity contribution in [1.29, 1.82) is 0 Å². The minimum absolute atomic E-state index is 0.0481. The van der Waals surface area contributed by atoms with Crippen molar-refractivity contribution in [2.45, 2.75) is 31.5 Å². The first-order valence-corrected chi connectivity index (χ1v) is 12.4. The van der Waals surface area contributed by atoms with Gasteiger partial charge in [-0.1, -0.05) is 42.5 Å². The summed E-state index contributed by atoms with van der Waals surface area (Å²) in [5, 5.41) is 11.5. The SMILES string of the molecule is C=CCN(C)C[C@@H]1C[C@H](c2ccc(CO)cc2)O[C@H](c2ccc(NC(=O)c3c(F)c(F)c(F)c(F)c3F)cc2)O1. The Hall–Kier alpha value is -3.64. The van der Waals surface area contributed by atoms with Crippen LogP contribution in [0.2, 0.25) is 0 Å². The molecule has 0 radical (unpaired) electrons. The van der Waals surface area contributed by atoms with Crippen LogP contribution in [0.15, 0.2) is 61.2 Å². The van der Waals surface area contributed by atoms with Gasteiger partial charge >= 0.3 is 0 Å². The summed E-state index contributed by atoms with van der Waals surface area (Å²) in [5.74, 6) is -12.7. The maximum atomic E-state index is 14.0. The Bertz CT molecular complexity index is 1340. The van der Waals surface area contributed by atoms with Crippen LogP contribution in [0.3, 0.4) is 0 Å². The van der Waals surface area contributed by atoms with E-state index in [1.807, 2.05) is 36.2 Å². The minimum atomic E-state index is -2.35. The van der Waals surface area contributed by atoms with Gasteiger partial charge < -0.3 is 24.8 Å². The highest BCUT2D eigenvalue weighted by molar-refractivity contribution is 6.04. The van der Waals surface area contributed by atoms with Gasteiger partial charge in [0.15, 0.2) is 29.6 Å². The van der Waals surface area contributed by atoms with Crippen molar-refractivity contribution in [2.75, 3.05) is 25.5 Å². The fourth-order valence-corrected chi connectivity index (χ4v) is 4.40. The van der Waals surface area contributed by atoms with Crippen molar-refractivity contribution in [3.63, 3.8) is 0 Å². The largest absolute Gasteiger partial charge is 0.392 e. The first-order chi connectivity index (χ1) is 19.1. The number of carbonyl (C=O) groups excluding carboxylic acids is 1. The summed E-state index contributed by atoms with van der Waals surface area (Å²) in [6.07, 6.45) is 0.980. The van der Waals surface area contributed by atoms with Gasteiger partial charge in [0, 0.05) is 30.8 Å².